The number of carbonyl (C=O) groups excluding carboxylic acids is 2. The van der Waals surface area contributed by atoms with Gasteiger partial charge in [0, 0.05) is 11.5 Å². The van der Waals surface area contributed by atoms with Crippen molar-refractivity contribution in [2.24, 2.45) is 5.10 Å². The molecule has 134 valence electrons. The maximum atomic E-state index is 12.4. The summed E-state index contributed by atoms with van der Waals surface area (Å²) in [5, 5.41) is 7.64. The molecule has 0 bridgehead atoms. The number of hydrazone groups is 1. The summed E-state index contributed by atoms with van der Waals surface area (Å²) in [5.74, 6) is -0.627. The van der Waals surface area contributed by atoms with Crippen LogP contribution in [0.2, 0.25) is 5.02 Å². The van der Waals surface area contributed by atoms with Gasteiger partial charge in [0.1, 0.15) is 17.1 Å². The van der Waals surface area contributed by atoms with Crippen LogP contribution in [-0.2, 0) is 10.2 Å². The first kappa shape index (κ1) is 19.1. The lowest BCUT2D eigenvalue weighted by atomic mass is 9.93. The molecule has 0 amide bonds. The molecule has 9 heteroatoms. The second kappa shape index (κ2) is 7.80. The molecule has 2 aromatic rings. The maximum Gasteiger partial charge on any atom is 0.343 e. The van der Waals surface area contributed by atoms with Gasteiger partial charge in [-0.3, -0.25) is 9.59 Å². The highest BCUT2D eigenvalue weighted by Crippen LogP contribution is 2.32. The Kier molecular flexibility index (Phi) is 5.75. The quantitative estimate of drug-likeness (QED) is 0.207. The van der Waals surface area contributed by atoms with Gasteiger partial charge in [-0.05, 0) is 17.2 Å². The van der Waals surface area contributed by atoms with Crippen LogP contribution in [0.25, 0.3) is 4.85 Å². The van der Waals surface area contributed by atoms with Crippen LogP contribution in [0.1, 0.15) is 37.0 Å². The summed E-state index contributed by atoms with van der Waals surface area (Å²) in [6.45, 7) is 13.1. The Bertz CT molecular complexity index is 906. The van der Waals surface area contributed by atoms with Crippen LogP contribution >= 0.6 is 11.6 Å². The third-order valence-electron chi connectivity index (χ3n) is 3.21. The van der Waals surface area contributed by atoms with E-state index in [0.29, 0.717) is 5.76 Å². The van der Waals surface area contributed by atoms with Gasteiger partial charge >= 0.3 is 5.84 Å². The van der Waals surface area contributed by atoms with Gasteiger partial charge in [-0.25, -0.2) is 0 Å². The average Bonchev–Trinajstić information content (AvgIpc) is 3.08. The van der Waals surface area contributed by atoms with Gasteiger partial charge in [-0.15, -0.1) is 0 Å². The number of para-hydroxylation sites is 1. The highest BCUT2D eigenvalue weighted by molar-refractivity contribution is 6.48. The van der Waals surface area contributed by atoms with E-state index in [4.69, 9.17) is 27.4 Å². The van der Waals surface area contributed by atoms with E-state index >= 15 is 0 Å². The van der Waals surface area contributed by atoms with E-state index in [1.807, 2.05) is 20.8 Å². The third-order valence-corrected chi connectivity index (χ3v) is 3.50. The molecule has 1 N–H and O–H groups in total. The predicted molar refractivity (Wildman–Crippen MR) is 95.3 cm³/mol. The number of amidine groups is 1. The van der Waals surface area contributed by atoms with E-state index in [-0.39, 0.29) is 34.0 Å². The number of ketones is 1. The molecule has 26 heavy (non-hydrogen) atoms. The van der Waals surface area contributed by atoms with Crippen molar-refractivity contribution in [3.05, 3.63) is 52.2 Å². The number of ether oxygens (including phenoxy) is 1. The van der Waals surface area contributed by atoms with E-state index in [0.717, 1.165) is 0 Å². The minimum atomic E-state index is -0.702. The average molecular weight is 375 g/mol. The fourth-order valence-corrected chi connectivity index (χ4v) is 2.07. The molecule has 0 atom stereocenters. The molecule has 0 radical (unpaired) electrons. The van der Waals surface area contributed by atoms with Gasteiger partial charge in [0.25, 0.3) is 6.47 Å². The fourth-order valence-electron chi connectivity index (χ4n) is 1.85. The second-order valence-corrected chi connectivity index (χ2v) is 6.55. The van der Waals surface area contributed by atoms with Gasteiger partial charge in [0.15, 0.2) is 5.75 Å². The molecule has 2 rings (SSSR count). The van der Waals surface area contributed by atoms with Crippen LogP contribution < -0.4 is 10.2 Å². The number of carbonyl (C=O) groups is 2. The Morgan fingerprint density at radius 3 is 2.77 bits per heavy atom. The van der Waals surface area contributed by atoms with Crippen molar-refractivity contribution in [3.63, 3.8) is 0 Å². The summed E-state index contributed by atoms with van der Waals surface area (Å²) in [5.41, 5.74) is 2.36. The van der Waals surface area contributed by atoms with Crippen molar-refractivity contribution in [1.29, 1.82) is 0 Å². The van der Waals surface area contributed by atoms with Gasteiger partial charge in [0.2, 0.25) is 5.78 Å². The molecule has 0 aliphatic carbocycles. The number of hydrogen-bond acceptors (Lipinski definition) is 7. The van der Waals surface area contributed by atoms with Crippen molar-refractivity contribution in [2.75, 3.05) is 5.43 Å². The smallest absolute Gasteiger partial charge is 0.343 e. The minimum Gasteiger partial charge on any atom is -0.425 e. The zero-order chi connectivity index (χ0) is 19.3. The summed E-state index contributed by atoms with van der Waals surface area (Å²) in [4.78, 5) is 26.1. The van der Waals surface area contributed by atoms with Gasteiger partial charge < -0.3 is 14.1 Å². The SMILES string of the molecule is [C-]#[N+]/C(=N\Nc1cccc(Cl)c1OC=O)C(=O)c1cc(C(C)(C)C)on1. The highest BCUT2D eigenvalue weighted by Gasteiger charge is 2.25. The Morgan fingerprint density at radius 1 is 1.46 bits per heavy atom. The molecule has 1 aromatic carbocycles. The summed E-state index contributed by atoms with van der Waals surface area (Å²) in [6.07, 6.45) is 0. The van der Waals surface area contributed by atoms with E-state index in [9.17, 15) is 9.59 Å². The van der Waals surface area contributed by atoms with Crippen LogP contribution in [0.15, 0.2) is 33.9 Å². The topological polar surface area (TPSA) is 98.2 Å². The normalized spacial score (nSPS) is 11.6. The Labute approximate surface area is 154 Å². The number of aromatic nitrogens is 1. The number of rotatable bonds is 6. The summed E-state index contributed by atoms with van der Waals surface area (Å²) < 4.78 is 9.93. The molecular weight excluding hydrogens is 360 g/mol. The lowest BCUT2D eigenvalue weighted by molar-refractivity contribution is -0.120. The molecule has 1 heterocycles. The molecular formula is C17H15ClN4O4. The fraction of sp³-hybridized carbons (Fsp3) is 0.235. The lowest BCUT2D eigenvalue weighted by Gasteiger charge is -2.12. The van der Waals surface area contributed by atoms with Crippen molar-refractivity contribution in [3.8, 4) is 5.75 Å². The van der Waals surface area contributed by atoms with Gasteiger partial charge in [0.05, 0.1) is 5.02 Å². The molecule has 1 aromatic heterocycles. The molecule has 0 unspecified atom stereocenters. The molecule has 0 aliphatic rings. The number of hydrogen-bond donors (Lipinski definition) is 1. The zero-order valence-electron chi connectivity index (χ0n) is 14.2. The van der Waals surface area contributed by atoms with Crippen LogP contribution in [0.5, 0.6) is 5.75 Å². The lowest BCUT2D eigenvalue weighted by Crippen LogP contribution is -2.13. The van der Waals surface area contributed by atoms with Crippen LogP contribution in [0, 0.1) is 6.57 Å². The van der Waals surface area contributed by atoms with Crippen LogP contribution in [-0.4, -0.2) is 23.2 Å². The van der Waals surface area contributed by atoms with E-state index in [1.54, 1.807) is 6.07 Å². The largest absolute Gasteiger partial charge is 0.425 e. The first-order valence-corrected chi connectivity index (χ1v) is 7.77. The summed E-state index contributed by atoms with van der Waals surface area (Å²) in [6, 6.07) is 6.10. The number of nitrogens with one attached hydrogen (secondary N) is 1. The van der Waals surface area contributed by atoms with Gasteiger partial charge in [-0.2, -0.15) is 5.43 Å². The van der Waals surface area contributed by atoms with Crippen LogP contribution in [0.4, 0.5) is 5.69 Å². The Hall–Kier alpha value is -3.18. The maximum absolute atomic E-state index is 12.4. The van der Waals surface area contributed by atoms with Crippen molar-refractivity contribution < 1.29 is 18.8 Å². The van der Waals surface area contributed by atoms with Crippen molar-refractivity contribution in [1.82, 2.24) is 5.16 Å². The highest BCUT2D eigenvalue weighted by atomic mass is 35.5. The second-order valence-electron chi connectivity index (χ2n) is 6.15. The third kappa shape index (κ3) is 4.26. The molecule has 0 fully saturated rings. The van der Waals surface area contributed by atoms with Gasteiger partial charge in [-0.1, -0.05) is 50.2 Å². The number of anilines is 1. The van der Waals surface area contributed by atoms with Crippen molar-refractivity contribution >= 4 is 35.4 Å². The first-order valence-electron chi connectivity index (χ1n) is 7.39. The molecule has 0 spiro atoms. The molecule has 8 nitrogen and oxygen atoms in total. The predicted octanol–water partition coefficient (Wildman–Crippen LogP) is 3.69. The number of benzene rings is 1. The Morgan fingerprint density at radius 2 is 2.19 bits per heavy atom. The number of halogens is 1. The number of nitrogens with zero attached hydrogens (tertiary/aromatic N) is 3. The summed E-state index contributed by atoms with van der Waals surface area (Å²) in [7, 11) is 0. The monoisotopic (exact) mass is 374 g/mol. The zero-order valence-corrected chi connectivity index (χ0v) is 15.0. The Balaban J connectivity index is 2.28. The van der Waals surface area contributed by atoms with E-state index in [2.05, 4.69) is 20.5 Å². The van der Waals surface area contributed by atoms with Crippen molar-refractivity contribution in [2.45, 2.75) is 26.2 Å². The first-order chi connectivity index (χ1) is 12.3. The minimum absolute atomic E-state index is 0.0260. The van der Waals surface area contributed by atoms with Crippen LogP contribution in [0.3, 0.4) is 0 Å². The van der Waals surface area contributed by atoms with E-state index in [1.165, 1.54) is 18.2 Å². The van der Waals surface area contributed by atoms with E-state index < -0.39 is 11.6 Å². The standard InChI is InChI=1S/C17H15ClN4O4/c1-17(2,3)13-8-12(22-26-13)14(24)16(19-4)21-20-11-7-5-6-10(18)15(11)25-9-23/h5-9,20H,1-3H3/b21-16-. The summed E-state index contributed by atoms with van der Waals surface area (Å²) >= 11 is 5.94. The number of Topliss-reactive ketones (excluding diaryl/α,β-unsaturated/α-hetero) is 1. The molecule has 0 saturated heterocycles. The molecule has 0 saturated carbocycles. The molecule has 0 aliphatic heterocycles.